The minimum atomic E-state index is -0.402. The maximum Gasteiger partial charge on any atom is 0.276 e. The van der Waals surface area contributed by atoms with Crippen molar-refractivity contribution in [1.29, 1.82) is 0 Å². The Hall–Kier alpha value is -2.15. The Morgan fingerprint density at radius 1 is 1.23 bits per heavy atom. The van der Waals surface area contributed by atoms with Crippen LogP contribution in [0.5, 0.6) is 5.75 Å². The number of benzene rings is 1. The van der Waals surface area contributed by atoms with E-state index in [2.05, 4.69) is 16.2 Å². The normalized spacial score (nSPS) is 10.0. The van der Waals surface area contributed by atoms with Crippen molar-refractivity contribution < 1.29 is 14.3 Å². The van der Waals surface area contributed by atoms with Gasteiger partial charge in [-0.3, -0.25) is 20.4 Å². The summed E-state index contributed by atoms with van der Waals surface area (Å²) in [7, 11) is 0. The van der Waals surface area contributed by atoms with Gasteiger partial charge < -0.3 is 10.1 Å². The molecule has 1 aromatic carbocycles. The third-order valence-corrected chi connectivity index (χ3v) is 2.97. The third kappa shape index (κ3) is 6.09. The van der Waals surface area contributed by atoms with Gasteiger partial charge >= 0.3 is 0 Å². The number of aryl methyl sites for hydroxylation is 2. The zero-order valence-electron chi connectivity index (χ0n) is 13.1. The van der Waals surface area contributed by atoms with Gasteiger partial charge in [-0.05, 0) is 37.7 Å². The molecule has 7 heteroatoms. The Bertz CT molecular complexity index is 573. The molecule has 0 bridgehead atoms. The van der Waals surface area contributed by atoms with Gasteiger partial charge in [0.1, 0.15) is 5.75 Å². The van der Waals surface area contributed by atoms with Gasteiger partial charge in [0.15, 0.2) is 11.7 Å². The summed E-state index contributed by atoms with van der Waals surface area (Å²) in [6.45, 7) is 7.23. The summed E-state index contributed by atoms with van der Waals surface area (Å²) in [6.07, 6.45) is 0. The molecular weight excluding hydrogens is 302 g/mol. The monoisotopic (exact) mass is 323 g/mol. The number of thiocarbonyl (C=S) groups is 1. The topological polar surface area (TPSA) is 79.5 Å². The number of hydrogen-bond acceptors (Lipinski definition) is 4. The number of hydrazine groups is 1. The Kier molecular flexibility index (Phi) is 6.78. The highest BCUT2D eigenvalue weighted by Gasteiger charge is 2.10. The van der Waals surface area contributed by atoms with Gasteiger partial charge in [-0.1, -0.05) is 31.5 Å². The zero-order chi connectivity index (χ0) is 16.7. The van der Waals surface area contributed by atoms with E-state index in [1.54, 1.807) is 13.8 Å². The summed E-state index contributed by atoms with van der Waals surface area (Å²) >= 11 is 4.88. The quantitative estimate of drug-likeness (QED) is 0.576. The zero-order valence-corrected chi connectivity index (χ0v) is 14.0. The van der Waals surface area contributed by atoms with Crippen molar-refractivity contribution in [3.05, 3.63) is 29.3 Å². The number of hydrogen-bond donors (Lipinski definition) is 3. The van der Waals surface area contributed by atoms with E-state index in [9.17, 15) is 9.59 Å². The van der Waals surface area contributed by atoms with E-state index in [-0.39, 0.29) is 23.5 Å². The van der Waals surface area contributed by atoms with Crippen LogP contribution in [-0.2, 0) is 9.59 Å². The lowest BCUT2D eigenvalue weighted by Gasteiger charge is -2.13. The van der Waals surface area contributed by atoms with Crippen LogP contribution in [-0.4, -0.2) is 23.5 Å². The molecule has 0 radical (unpaired) electrons. The fourth-order valence-corrected chi connectivity index (χ4v) is 1.71. The van der Waals surface area contributed by atoms with Gasteiger partial charge in [0.2, 0.25) is 5.91 Å². The smallest absolute Gasteiger partial charge is 0.276 e. The fraction of sp³-hybridized carbons (Fsp3) is 0.400. The van der Waals surface area contributed by atoms with Crippen molar-refractivity contribution in [2.75, 3.05) is 6.61 Å². The van der Waals surface area contributed by atoms with E-state index in [0.717, 1.165) is 11.1 Å². The van der Waals surface area contributed by atoms with Gasteiger partial charge in [0, 0.05) is 5.92 Å². The molecule has 0 heterocycles. The molecule has 0 aliphatic heterocycles. The minimum absolute atomic E-state index is 0.0403. The standard InChI is InChI=1S/C15H21N3O3S/c1-9(2)14(20)16-15(22)18-17-13(19)8-21-12-6-5-10(3)7-11(12)4/h5-7,9H,8H2,1-4H3,(H,17,19)(H2,16,18,20,22). The molecule has 6 nitrogen and oxygen atoms in total. The third-order valence-electron chi connectivity index (χ3n) is 2.77. The summed E-state index contributed by atoms with van der Waals surface area (Å²) in [5.41, 5.74) is 6.89. The highest BCUT2D eigenvalue weighted by atomic mass is 32.1. The molecule has 1 aromatic rings. The van der Waals surface area contributed by atoms with Crippen molar-refractivity contribution >= 4 is 29.1 Å². The van der Waals surface area contributed by atoms with Gasteiger partial charge in [-0.15, -0.1) is 0 Å². The van der Waals surface area contributed by atoms with Crippen LogP contribution in [0.1, 0.15) is 25.0 Å². The maximum absolute atomic E-state index is 11.6. The first-order chi connectivity index (χ1) is 10.3. The summed E-state index contributed by atoms with van der Waals surface area (Å²) in [6, 6.07) is 5.70. The second-order valence-corrected chi connectivity index (χ2v) is 5.61. The number of carbonyl (C=O) groups is 2. The number of nitrogens with one attached hydrogen (secondary N) is 3. The van der Waals surface area contributed by atoms with Gasteiger partial charge in [-0.2, -0.15) is 0 Å². The first-order valence-corrected chi connectivity index (χ1v) is 7.30. The average Bonchev–Trinajstić information content (AvgIpc) is 2.44. The molecule has 22 heavy (non-hydrogen) atoms. The molecule has 0 saturated carbocycles. The van der Waals surface area contributed by atoms with E-state index in [0.29, 0.717) is 5.75 Å². The molecule has 0 unspecified atom stereocenters. The first kappa shape index (κ1) is 17.9. The highest BCUT2D eigenvalue weighted by molar-refractivity contribution is 7.80. The molecule has 0 spiro atoms. The number of rotatable bonds is 4. The Morgan fingerprint density at radius 2 is 1.91 bits per heavy atom. The summed E-state index contributed by atoms with van der Waals surface area (Å²) in [4.78, 5) is 23.0. The van der Waals surface area contributed by atoms with Crippen LogP contribution in [0.25, 0.3) is 0 Å². The van der Waals surface area contributed by atoms with E-state index in [1.165, 1.54) is 0 Å². The maximum atomic E-state index is 11.6. The predicted molar refractivity (Wildman–Crippen MR) is 88.3 cm³/mol. The minimum Gasteiger partial charge on any atom is -0.483 e. The molecule has 0 aliphatic carbocycles. The summed E-state index contributed by atoms with van der Waals surface area (Å²) in [5, 5.41) is 2.49. The molecule has 2 amide bonds. The molecule has 0 fully saturated rings. The van der Waals surface area contributed by atoms with Crippen LogP contribution in [0.2, 0.25) is 0 Å². The molecular formula is C15H21N3O3S. The van der Waals surface area contributed by atoms with Gasteiger partial charge in [0.25, 0.3) is 5.91 Å². The number of carbonyl (C=O) groups excluding carboxylic acids is 2. The molecule has 0 saturated heterocycles. The molecule has 3 N–H and O–H groups in total. The lowest BCUT2D eigenvalue weighted by molar-refractivity contribution is -0.124. The summed E-state index contributed by atoms with van der Waals surface area (Å²) < 4.78 is 5.42. The molecule has 1 rings (SSSR count). The SMILES string of the molecule is Cc1ccc(OCC(=O)NNC(=S)NC(=O)C(C)C)c(C)c1. The lowest BCUT2D eigenvalue weighted by Crippen LogP contribution is -2.50. The van der Waals surface area contributed by atoms with Crippen molar-refractivity contribution in [2.45, 2.75) is 27.7 Å². The average molecular weight is 323 g/mol. The fourth-order valence-electron chi connectivity index (χ4n) is 1.55. The van der Waals surface area contributed by atoms with Gasteiger partial charge in [-0.25, -0.2) is 0 Å². The van der Waals surface area contributed by atoms with Crippen LogP contribution in [0.15, 0.2) is 18.2 Å². The van der Waals surface area contributed by atoms with Crippen LogP contribution in [0.3, 0.4) is 0 Å². The Balaban J connectivity index is 2.34. The second kappa shape index (κ2) is 8.33. The largest absolute Gasteiger partial charge is 0.483 e. The van der Waals surface area contributed by atoms with E-state index in [4.69, 9.17) is 17.0 Å². The van der Waals surface area contributed by atoms with Crippen LogP contribution in [0, 0.1) is 19.8 Å². The molecule has 0 atom stereocenters. The van der Waals surface area contributed by atoms with E-state index >= 15 is 0 Å². The highest BCUT2D eigenvalue weighted by Crippen LogP contribution is 2.18. The summed E-state index contributed by atoms with van der Waals surface area (Å²) in [5.74, 6) is -0.167. The van der Waals surface area contributed by atoms with Gasteiger partial charge in [0.05, 0.1) is 0 Å². The van der Waals surface area contributed by atoms with Crippen LogP contribution in [0.4, 0.5) is 0 Å². The molecule has 0 aliphatic rings. The number of ether oxygens (including phenoxy) is 1. The van der Waals surface area contributed by atoms with E-state index < -0.39 is 5.91 Å². The first-order valence-electron chi connectivity index (χ1n) is 6.89. The second-order valence-electron chi connectivity index (χ2n) is 5.20. The van der Waals surface area contributed by atoms with Crippen molar-refractivity contribution in [1.82, 2.24) is 16.2 Å². The number of amides is 2. The van der Waals surface area contributed by atoms with Crippen LogP contribution < -0.4 is 20.9 Å². The lowest BCUT2D eigenvalue weighted by atomic mass is 10.1. The van der Waals surface area contributed by atoms with Crippen LogP contribution >= 0.6 is 12.2 Å². The van der Waals surface area contributed by atoms with Crippen molar-refractivity contribution in [3.8, 4) is 5.75 Å². The van der Waals surface area contributed by atoms with E-state index in [1.807, 2.05) is 32.0 Å². The Labute approximate surface area is 135 Å². The Morgan fingerprint density at radius 3 is 2.50 bits per heavy atom. The molecule has 0 aromatic heterocycles. The van der Waals surface area contributed by atoms with Crippen molar-refractivity contribution in [3.63, 3.8) is 0 Å². The van der Waals surface area contributed by atoms with Crippen molar-refractivity contribution in [2.24, 2.45) is 5.92 Å². The molecule has 120 valence electrons. The predicted octanol–water partition coefficient (Wildman–Crippen LogP) is 1.36.